The number of benzene rings is 2. The Kier molecular flexibility index (Phi) is 7.01. The normalized spacial score (nSPS) is 10.5. The molecule has 1 heterocycles. The molecule has 0 unspecified atom stereocenters. The number of aromatic nitrogens is 2. The summed E-state index contributed by atoms with van der Waals surface area (Å²) in [5.74, 6) is 1.98. The minimum atomic E-state index is -0.189. The third-order valence-corrected chi connectivity index (χ3v) is 4.23. The van der Waals surface area contributed by atoms with E-state index in [-0.39, 0.29) is 6.03 Å². The molecule has 2 amide bonds. The molecule has 0 aliphatic heterocycles. The Morgan fingerprint density at radius 2 is 1.75 bits per heavy atom. The highest BCUT2D eigenvalue weighted by atomic mass is 16.5. The molecular formula is C21H24N4O3. The number of hydrogen-bond donors (Lipinski definition) is 2. The number of hydrogen-bond acceptors (Lipinski definition) is 5. The van der Waals surface area contributed by atoms with Crippen LogP contribution in [-0.4, -0.2) is 36.4 Å². The summed E-state index contributed by atoms with van der Waals surface area (Å²) in [6, 6.07) is 17.3. The average molecular weight is 380 g/mol. The first-order valence-corrected chi connectivity index (χ1v) is 9.28. The summed E-state index contributed by atoms with van der Waals surface area (Å²) in [4.78, 5) is 16.3. The van der Waals surface area contributed by atoms with Gasteiger partial charge in [-0.1, -0.05) is 53.7 Å². The summed E-state index contributed by atoms with van der Waals surface area (Å²) in [6.45, 7) is 1.07. The first kappa shape index (κ1) is 19.4. The van der Waals surface area contributed by atoms with E-state index >= 15 is 0 Å². The first-order valence-electron chi connectivity index (χ1n) is 9.28. The zero-order valence-corrected chi connectivity index (χ0v) is 15.9. The fourth-order valence-corrected chi connectivity index (χ4v) is 2.79. The van der Waals surface area contributed by atoms with Crippen LogP contribution >= 0.6 is 0 Å². The third-order valence-electron chi connectivity index (χ3n) is 4.23. The number of amides is 2. The average Bonchev–Trinajstić information content (AvgIpc) is 3.21. The van der Waals surface area contributed by atoms with Crippen LogP contribution in [0.15, 0.2) is 59.1 Å². The van der Waals surface area contributed by atoms with Gasteiger partial charge in [-0.25, -0.2) is 4.79 Å². The second-order valence-electron chi connectivity index (χ2n) is 6.23. The molecule has 146 valence electrons. The second kappa shape index (κ2) is 10.1. The molecule has 0 radical (unpaired) electrons. The van der Waals surface area contributed by atoms with E-state index in [1.54, 1.807) is 7.11 Å². The number of nitrogens with one attached hydrogen (secondary N) is 2. The highest BCUT2D eigenvalue weighted by Gasteiger charge is 2.08. The van der Waals surface area contributed by atoms with Crippen LogP contribution in [0.25, 0.3) is 11.4 Å². The number of urea groups is 1. The number of nitrogens with zero attached hydrogens (tertiary/aromatic N) is 2. The van der Waals surface area contributed by atoms with Gasteiger partial charge in [-0.2, -0.15) is 4.98 Å². The van der Waals surface area contributed by atoms with Gasteiger partial charge in [-0.15, -0.1) is 0 Å². The van der Waals surface area contributed by atoms with Gasteiger partial charge < -0.3 is 19.9 Å². The van der Waals surface area contributed by atoms with Crippen LogP contribution < -0.4 is 15.4 Å². The van der Waals surface area contributed by atoms with E-state index in [1.807, 2.05) is 54.6 Å². The molecule has 2 aromatic carbocycles. The summed E-state index contributed by atoms with van der Waals surface area (Å²) in [5, 5.41) is 9.67. The van der Waals surface area contributed by atoms with Gasteiger partial charge in [-0.05, 0) is 24.5 Å². The Bertz CT molecular complexity index is 880. The van der Waals surface area contributed by atoms with Gasteiger partial charge in [0.2, 0.25) is 11.7 Å². The molecule has 3 aromatic rings. The first-order chi connectivity index (χ1) is 13.8. The Morgan fingerprint density at radius 3 is 2.57 bits per heavy atom. The molecule has 0 aliphatic carbocycles. The highest BCUT2D eigenvalue weighted by Crippen LogP contribution is 2.17. The van der Waals surface area contributed by atoms with Crippen molar-refractivity contribution < 1.29 is 14.1 Å². The Hall–Kier alpha value is -3.35. The molecule has 7 nitrogen and oxygen atoms in total. The molecule has 1 aromatic heterocycles. The minimum absolute atomic E-state index is 0.189. The lowest BCUT2D eigenvalue weighted by molar-refractivity contribution is 0.240. The van der Waals surface area contributed by atoms with Gasteiger partial charge in [0.25, 0.3) is 0 Å². The van der Waals surface area contributed by atoms with Crippen LogP contribution in [0.3, 0.4) is 0 Å². The van der Waals surface area contributed by atoms with Crippen molar-refractivity contribution >= 4 is 6.03 Å². The summed E-state index contributed by atoms with van der Waals surface area (Å²) in [6.07, 6.45) is 2.04. The number of carbonyl (C=O) groups excluding carboxylic acids is 1. The molecule has 0 fully saturated rings. The van der Waals surface area contributed by atoms with Crippen LogP contribution in [0.4, 0.5) is 4.79 Å². The summed E-state index contributed by atoms with van der Waals surface area (Å²) >= 11 is 0. The monoisotopic (exact) mass is 380 g/mol. The maximum atomic E-state index is 11.9. The van der Waals surface area contributed by atoms with E-state index in [2.05, 4.69) is 20.8 Å². The molecule has 28 heavy (non-hydrogen) atoms. The van der Waals surface area contributed by atoms with Crippen LogP contribution in [-0.2, 0) is 12.8 Å². The lowest BCUT2D eigenvalue weighted by Gasteiger charge is -2.09. The van der Waals surface area contributed by atoms with Crippen molar-refractivity contribution in [2.24, 2.45) is 0 Å². The van der Waals surface area contributed by atoms with Crippen molar-refractivity contribution in [3.63, 3.8) is 0 Å². The third kappa shape index (κ3) is 5.57. The van der Waals surface area contributed by atoms with Crippen molar-refractivity contribution in [3.05, 3.63) is 66.1 Å². The van der Waals surface area contributed by atoms with Crippen molar-refractivity contribution in [1.82, 2.24) is 20.8 Å². The quantitative estimate of drug-likeness (QED) is 0.557. The number of rotatable bonds is 9. The maximum absolute atomic E-state index is 11.9. The van der Waals surface area contributed by atoms with Crippen LogP contribution in [0.1, 0.15) is 17.9 Å². The summed E-state index contributed by atoms with van der Waals surface area (Å²) in [7, 11) is 1.64. The Balaban J connectivity index is 1.33. The Labute approximate surface area is 164 Å². The van der Waals surface area contributed by atoms with Gasteiger partial charge >= 0.3 is 6.03 Å². The van der Waals surface area contributed by atoms with Gasteiger partial charge in [0.15, 0.2) is 0 Å². The Morgan fingerprint density at radius 1 is 1.00 bits per heavy atom. The van der Waals surface area contributed by atoms with Crippen LogP contribution in [0, 0.1) is 0 Å². The predicted octanol–water partition coefficient (Wildman–Crippen LogP) is 3.22. The van der Waals surface area contributed by atoms with E-state index in [0.29, 0.717) is 37.6 Å². The minimum Gasteiger partial charge on any atom is -0.496 e. The zero-order valence-electron chi connectivity index (χ0n) is 15.9. The summed E-state index contributed by atoms with van der Waals surface area (Å²) in [5.41, 5.74) is 1.99. The van der Waals surface area contributed by atoms with Crippen molar-refractivity contribution in [2.45, 2.75) is 19.3 Å². The number of aryl methyl sites for hydroxylation is 1. The van der Waals surface area contributed by atoms with Crippen LogP contribution in [0.2, 0.25) is 0 Å². The SMILES string of the molecule is COc1ccccc1CCNC(=O)NCCCc1nc(-c2ccccc2)no1. The lowest BCUT2D eigenvalue weighted by Crippen LogP contribution is -2.37. The predicted molar refractivity (Wildman–Crippen MR) is 106 cm³/mol. The molecule has 0 aliphatic rings. The molecule has 2 N–H and O–H groups in total. The van der Waals surface area contributed by atoms with Gasteiger partial charge in [-0.3, -0.25) is 0 Å². The van der Waals surface area contributed by atoms with E-state index in [1.165, 1.54) is 0 Å². The second-order valence-corrected chi connectivity index (χ2v) is 6.23. The fraction of sp³-hybridized carbons (Fsp3) is 0.286. The van der Waals surface area contributed by atoms with E-state index < -0.39 is 0 Å². The van der Waals surface area contributed by atoms with Crippen molar-refractivity contribution in [2.75, 3.05) is 20.2 Å². The molecule has 0 saturated carbocycles. The summed E-state index contributed by atoms with van der Waals surface area (Å²) < 4.78 is 10.6. The molecule has 0 spiro atoms. The maximum Gasteiger partial charge on any atom is 0.314 e. The van der Waals surface area contributed by atoms with Crippen LogP contribution in [0.5, 0.6) is 5.75 Å². The van der Waals surface area contributed by atoms with Gasteiger partial charge in [0.1, 0.15) is 5.75 Å². The largest absolute Gasteiger partial charge is 0.496 e. The molecular weight excluding hydrogens is 356 g/mol. The van der Waals surface area contributed by atoms with E-state index in [0.717, 1.165) is 23.3 Å². The molecule has 0 atom stereocenters. The topological polar surface area (TPSA) is 89.3 Å². The molecule has 3 rings (SSSR count). The number of ether oxygens (including phenoxy) is 1. The smallest absolute Gasteiger partial charge is 0.314 e. The van der Waals surface area contributed by atoms with E-state index in [4.69, 9.17) is 9.26 Å². The molecule has 7 heteroatoms. The number of carbonyl (C=O) groups is 1. The lowest BCUT2D eigenvalue weighted by atomic mass is 10.1. The van der Waals surface area contributed by atoms with Gasteiger partial charge in [0, 0.05) is 25.1 Å². The molecule has 0 bridgehead atoms. The number of methoxy groups -OCH3 is 1. The fourth-order valence-electron chi connectivity index (χ4n) is 2.79. The van der Waals surface area contributed by atoms with Crippen molar-refractivity contribution in [3.8, 4) is 17.1 Å². The molecule has 0 saturated heterocycles. The standard InChI is InChI=1S/C21H24N4O3/c1-27-18-11-6-5-8-16(18)13-15-23-21(26)22-14-7-12-19-24-20(25-28-19)17-9-3-2-4-10-17/h2-6,8-11H,7,12-15H2,1H3,(H2,22,23,26). The zero-order chi connectivity index (χ0) is 19.6. The highest BCUT2D eigenvalue weighted by molar-refractivity contribution is 5.73. The van der Waals surface area contributed by atoms with Crippen molar-refractivity contribution in [1.29, 1.82) is 0 Å². The number of para-hydroxylation sites is 1. The van der Waals surface area contributed by atoms with E-state index in [9.17, 15) is 4.79 Å². The van der Waals surface area contributed by atoms with Gasteiger partial charge in [0.05, 0.1) is 7.11 Å².